The summed E-state index contributed by atoms with van der Waals surface area (Å²) < 4.78 is 48.4. The highest BCUT2D eigenvalue weighted by Gasteiger charge is 2.39. The summed E-state index contributed by atoms with van der Waals surface area (Å²) >= 11 is 3.18. The van der Waals surface area contributed by atoms with Crippen LogP contribution in [-0.4, -0.2) is 62.9 Å². The van der Waals surface area contributed by atoms with Crippen molar-refractivity contribution in [3.05, 3.63) is 16.7 Å². The molecule has 0 spiro atoms. The van der Waals surface area contributed by atoms with Crippen LogP contribution in [0.4, 0.5) is 4.39 Å². The number of hydrogen-bond acceptors (Lipinski definition) is 6. The van der Waals surface area contributed by atoms with E-state index >= 15 is 0 Å². The Labute approximate surface area is 148 Å². The molecule has 2 saturated heterocycles. The molecule has 0 saturated carbocycles. The van der Waals surface area contributed by atoms with Gasteiger partial charge in [-0.3, -0.25) is 4.90 Å². The van der Waals surface area contributed by atoms with E-state index in [1.165, 1.54) is 6.07 Å². The van der Waals surface area contributed by atoms with Crippen LogP contribution in [0, 0.1) is 0 Å². The number of alkyl halides is 1. The van der Waals surface area contributed by atoms with Gasteiger partial charge in [0.15, 0.2) is 0 Å². The minimum atomic E-state index is -3.84. The standard InChI is InChI=1S/C14H19BrFN3O4S/c15-12-5-11(24(17,20)21)6-18-13(12)23-9-14(16)1-3-19(4-2-14)10-7-22-8-10/h5-6,10H,1-4,7-9H2,(H2,17,20,21). The van der Waals surface area contributed by atoms with Crippen LogP contribution >= 0.6 is 15.9 Å². The number of primary sulfonamides is 1. The van der Waals surface area contributed by atoms with Gasteiger partial charge in [0.25, 0.3) is 0 Å². The third-order valence-electron chi connectivity index (χ3n) is 4.41. The molecule has 2 aliphatic heterocycles. The van der Waals surface area contributed by atoms with Crippen LogP contribution in [0.25, 0.3) is 0 Å². The summed E-state index contributed by atoms with van der Waals surface area (Å²) in [4.78, 5) is 6.02. The Morgan fingerprint density at radius 2 is 2.12 bits per heavy atom. The molecular weight excluding hydrogens is 405 g/mol. The number of likely N-dealkylation sites (tertiary alicyclic amines) is 1. The molecule has 10 heteroatoms. The Balaban J connectivity index is 1.57. The van der Waals surface area contributed by atoms with Gasteiger partial charge < -0.3 is 9.47 Å². The van der Waals surface area contributed by atoms with Gasteiger partial charge in [0.1, 0.15) is 17.2 Å². The first kappa shape index (κ1) is 18.0. The number of halogens is 2. The van der Waals surface area contributed by atoms with Crippen molar-refractivity contribution in [2.45, 2.75) is 29.4 Å². The van der Waals surface area contributed by atoms with Crippen molar-refractivity contribution in [3.8, 4) is 5.88 Å². The first-order chi connectivity index (χ1) is 11.3. The van der Waals surface area contributed by atoms with Crippen LogP contribution in [0.1, 0.15) is 12.8 Å². The van der Waals surface area contributed by atoms with E-state index in [0.717, 1.165) is 19.4 Å². The monoisotopic (exact) mass is 423 g/mol. The van der Waals surface area contributed by atoms with E-state index in [4.69, 9.17) is 14.6 Å². The second kappa shape index (κ2) is 6.83. The van der Waals surface area contributed by atoms with E-state index in [1.807, 2.05) is 0 Å². The minimum Gasteiger partial charge on any atom is -0.473 e. The predicted octanol–water partition coefficient (Wildman–Crippen LogP) is 1.07. The molecule has 0 unspecified atom stereocenters. The maximum absolute atomic E-state index is 14.9. The van der Waals surface area contributed by atoms with Crippen molar-refractivity contribution < 1.29 is 22.3 Å². The Kier molecular flexibility index (Phi) is 5.12. The second-order valence-electron chi connectivity index (χ2n) is 6.17. The zero-order valence-corrected chi connectivity index (χ0v) is 15.4. The van der Waals surface area contributed by atoms with E-state index in [1.54, 1.807) is 0 Å². The molecule has 7 nitrogen and oxygen atoms in total. The highest BCUT2D eigenvalue weighted by Crippen LogP contribution is 2.31. The largest absolute Gasteiger partial charge is 0.473 e. The van der Waals surface area contributed by atoms with E-state index in [9.17, 15) is 12.8 Å². The molecule has 0 amide bonds. The van der Waals surface area contributed by atoms with Crippen LogP contribution in [0.2, 0.25) is 0 Å². The number of pyridine rings is 1. The molecular formula is C14H19BrFN3O4S. The normalized spacial score (nSPS) is 22.1. The number of rotatable bonds is 5. The van der Waals surface area contributed by atoms with Gasteiger partial charge in [-0.2, -0.15) is 0 Å². The van der Waals surface area contributed by atoms with Crippen molar-refractivity contribution in [1.82, 2.24) is 9.88 Å². The van der Waals surface area contributed by atoms with Crippen LogP contribution in [0.5, 0.6) is 5.88 Å². The van der Waals surface area contributed by atoms with Crippen LogP contribution in [0.15, 0.2) is 21.6 Å². The Bertz CT molecular complexity index is 706. The average molecular weight is 424 g/mol. The van der Waals surface area contributed by atoms with Gasteiger partial charge in [-0.15, -0.1) is 0 Å². The molecule has 134 valence electrons. The maximum Gasteiger partial charge on any atom is 0.239 e. The van der Waals surface area contributed by atoms with Crippen LogP contribution in [0.3, 0.4) is 0 Å². The molecule has 0 atom stereocenters. The number of nitrogens with two attached hydrogens (primary N) is 1. The molecule has 2 fully saturated rings. The average Bonchev–Trinajstić information content (AvgIpc) is 2.46. The molecule has 3 heterocycles. The van der Waals surface area contributed by atoms with Gasteiger partial charge in [0.2, 0.25) is 15.9 Å². The summed E-state index contributed by atoms with van der Waals surface area (Å²) in [5, 5.41) is 5.04. The third kappa shape index (κ3) is 4.05. The van der Waals surface area contributed by atoms with Crippen LogP contribution in [-0.2, 0) is 14.8 Å². The zero-order chi connectivity index (χ0) is 17.4. The van der Waals surface area contributed by atoms with Gasteiger partial charge in [-0.1, -0.05) is 0 Å². The zero-order valence-electron chi connectivity index (χ0n) is 13.0. The SMILES string of the molecule is NS(=O)(=O)c1cnc(OCC2(F)CCN(C3COC3)CC2)c(Br)c1. The molecule has 1 aromatic rings. The number of nitrogens with zero attached hydrogens (tertiary/aromatic N) is 2. The summed E-state index contributed by atoms with van der Waals surface area (Å²) in [5.41, 5.74) is -1.42. The molecule has 3 rings (SSSR count). The summed E-state index contributed by atoms with van der Waals surface area (Å²) in [6, 6.07) is 1.71. The van der Waals surface area contributed by atoms with E-state index in [-0.39, 0.29) is 17.4 Å². The van der Waals surface area contributed by atoms with Gasteiger partial charge in [-0.25, -0.2) is 22.9 Å². The summed E-state index contributed by atoms with van der Waals surface area (Å²) in [5.74, 6) is 0.147. The molecule has 0 aromatic carbocycles. The summed E-state index contributed by atoms with van der Waals surface area (Å²) in [7, 11) is -3.84. The lowest BCUT2D eigenvalue weighted by Gasteiger charge is -2.43. The molecule has 0 bridgehead atoms. The van der Waals surface area contributed by atoms with E-state index in [0.29, 0.717) is 36.4 Å². The molecule has 0 aliphatic carbocycles. The fourth-order valence-electron chi connectivity index (χ4n) is 2.74. The van der Waals surface area contributed by atoms with Crippen molar-refractivity contribution in [2.24, 2.45) is 5.14 Å². The number of piperidine rings is 1. The lowest BCUT2D eigenvalue weighted by atomic mass is 9.93. The first-order valence-electron chi connectivity index (χ1n) is 7.59. The quantitative estimate of drug-likeness (QED) is 0.760. The predicted molar refractivity (Wildman–Crippen MR) is 88.1 cm³/mol. The Morgan fingerprint density at radius 1 is 1.46 bits per heavy atom. The maximum atomic E-state index is 14.9. The first-order valence-corrected chi connectivity index (χ1v) is 9.93. The Morgan fingerprint density at radius 3 is 2.62 bits per heavy atom. The minimum absolute atomic E-state index is 0.123. The fourth-order valence-corrected chi connectivity index (χ4v) is 3.83. The van der Waals surface area contributed by atoms with E-state index < -0.39 is 15.7 Å². The molecule has 2 N–H and O–H groups in total. The second-order valence-corrected chi connectivity index (χ2v) is 8.59. The topological polar surface area (TPSA) is 94.8 Å². The highest BCUT2D eigenvalue weighted by atomic mass is 79.9. The summed E-state index contributed by atoms with van der Waals surface area (Å²) in [6.07, 6.45) is 1.87. The van der Waals surface area contributed by atoms with Crippen molar-refractivity contribution in [3.63, 3.8) is 0 Å². The molecule has 2 aliphatic rings. The molecule has 0 radical (unpaired) electrons. The number of ether oxygens (including phenoxy) is 2. The van der Waals surface area contributed by atoms with Crippen molar-refractivity contribution >= 4 is 26.0 Å². The number of sulfonamides is 1. The van der Waals surface area contributed by atoms with E-state index in [2.05, 4.69) is 25.8 Å². The summed E-state index contributed by atoms with van der Waals surface area (Å²) in [6.45, 7) is 2.67. The van der Waals surface area contributed by atoms with Gasteiger partial charge in [0.05, 0.1) is 29.9 Å². The number of hydrogen-bond donors (Lipinski definition) is 1. The lowest BCUT2D eigenvalue weighted by Crippen LogP contribution is -2.55. The third-order valence-corrected chi connectivity index (χ3v) is 5.86. The molecule has 24 heavy (non-hydrogen) atoms. The van der Waals surface area contributed by atoms with Gasteiger partial charge in [0, 0.05) is 13.1 Å². The molecule has 1 aromatic heterocycles. The van der Waals surface area contributed by atoms with Gasteiger partial charge in [-0.05, 0) is 34.8 Å². The number of aromatic nitrogens is 1. The van der Waals surface area contributed by atoms with Gasteiger partial charge >= 0.3 is 0 Å². The Hall–Kier alpha value is -0.810. The van der Waals surface area contributed by atoms with Crippen molar-refractivity contribution in [2.75, 3.05) is 32.9 Å². The smallest absolute Gasteiger partial charge is 0.239 e. The lowest BCUT2D eigenvalue weighted by molar-refractivity contribution is -0.0892. The van der Waals surface area contributed by atoms with Crippen LogP contribution < -0.4 is 9.88 Å². The highest BCUT2D eigenvalue weighted by molar-refractivity contribution is 9.10. The van der Waals surface area contributed by atoms with Crippen molar-refractivity contribution in [1.29, 1.82) is 0 Å². The fraction of sp³-hybridized carbons (Fsp3) is 0.643.